The van der Waals surface area contributed by atoms with Gasteiger partial charge in [-0.05, 0) is 24.3 Å². The van der Waals surface area contributed by atoms with Gasteiger partial charge in [-0.2, -0.15) is 5.10 Å². The number of thiazole rings is 1. The van der Waals surface area contributed by atoms with Crippen molar-refractivity contribution in [3.8, 4) is 27.8 Å². The van der Waals surface area contributed by atoms with Crippen LogP contribution >= 0.6 is 23.1 Å². The molecule has 0 atom stereocenters. The maximum atomic E-state index is 5.72. The Morgan fingerprint density at radius 1 is 1.19 bits per heavy atom. The topological polar surface area (TPSA) is 78.9 Å². The summed E-state index contributed by atoms with van der Waals surface area (Å²) in [5.74, 6) is 1.95. The molecule has 26 heavy (non-hydrogen) atoms. The monoisotopic (exact) mass is 385 g/mol. The summed E-state index contributed by atoms with van der Waals surface area (Å²) < 4.78 is 12.6. The Bertz CT molecular complexity index is 1010. The maximum absolute atomic E-state index is 5.72. The van der Waals surface area contributed by atoms with Crippen LogP contribution in [-0.4, -0.2) is 32.1 Å². The first-order chi connectivity index (χ1) is 12.7. The summed E-state index contributed by atoms with van der Waals surface area (Å²) in [5, 5.41) is 15.9. The van der Waals surface area contributed by atoms with Crippen molar-refractivity contribution in [3.05, 3.63) is 47.7 Å². The highest BCUT2D eigenvalue weighted by atomic mass is 32.2. The molecule has 4 rings (SSSR count). The smallest absolute Gasteiger partial charge is 0.277 e. The van der Waals surface area contributed by atoms with E-state index in [1.54, 1.807) is 23.1 Å². The molecule has 9 heteroatoms. The van der Waals surface area contributed by atoms with Gasteiger partial charge in [0.05, 0.1) is 19.0 Å². The van der Waals surface area contributed by atoms with E-state index in [4.69, 9.17) is 9.15 Å². The first kappa shape index (κ1) is 16.8. The molecule has 0 spiro atoms. The highest BCUT2D eigenvalue weighted by Gasteiger charge is 2.11. The van der Waals surface area contributed by atoms with Crippen LogP contribution in [0.1, 0.15) is 5.69 Å². The van der Waals surface area contributed by atoms with Crippen molar-refractivity contribution in [3.63, 3.8) is 0 Å². The molecule has 1 aromatic carbocycles. The van der Waals surface area contributed by atoms with Crippen LogP contribution in [0.15, 0.2) is 51.7 Å². The normalized spacial score (nSPS) is 11.0. The number of rotatable bonds is 6. The predicted octanol–water partition coefficient (Wildman–Crippen LogP) is 3.89. The van der Waals surface area contributed by atoms with Crippen LogP contribution < -0.4 is 4.74 Å². The molecule has 0 saturated heterocycles. The van der Waals surface area contributed by atoms with Crippen molar-refractivity contribution in [2.75, 3.05) is 7.11 Å². The van der Waals surface area contributed by atoms with Gasteiger partial charge in [-0.25, -0.2) is 4.98 Å². The van der Waals surface area contributed by atoms with Crippen LogP contribution in [0.3, 0.4) is 0 Å². The lowest BCUT2D eigenvalue weighted by Gasteiger charge is -1.99. The fourth-order valence-corrected chi connectivity index (χ4v) is 3.85. The van der Waals surface area contributed by atoms with E-state index < -0.39 is 0 Å². The molecule has 132 valence electrons. The number of nitrogens with zero attached hydrogens (tertiary/aromatic N) is 5. The van der Waals surface area contributed by atoms with Gasteiger partial charge < -0.3 is 9.15 Å². The number of aryl methyl sites for hydroxylation is 1. The zero-order valence-electron chi connectivity index (χ0n) is 14.1. The number of methoxy groups -OCH3 is 1. The van der Waals surface area contributed by atoms with E-state index in [0.29, 0.717) is 16.9 Å². The molecule has 0 unspecified atom stereocenters. The summed E-state index contributed by atoms with van der Waals surface area (Å²) in [6.07, 6.45) is 3.77. The molecule has 7 nitrogen and oxygen atoms in total. The third-order valence-corrected chi connectivity index (χ3v) is 5.38. The molecule has 3 heterocycles. The van der Waals surface area contributed by atoms with E-state index in [1.807, 2.05) is 49.1 Å². The van der Waals surface area contributed by atoms with E-state index in [0.717, 1.165) is 27.6 Å². The minimum absolute atomic E-state index is 0.490. The van der Waals surface area contributed by atoms with Gasteiger partial charge in [0.1, 0.15) is 10.8 Å². The van der Waals surface area contributed by atoms with E-state index in [2.05, 4.69) is 20.3 Å². The van der Waals surface area contributed by atoms with Crippen molar-refractivity contribution in [1.29, 1.82) is 0 Å². The molecule has 0 amide bonds. The Labute approximate surface area is 158 Å². The molecule has 0 fully saturated rings. The van der Waals surface area contributed by atoms with Gasteiger partial charge in [0.2, 0.25) is 5.89 Å². The average molecular weight is 385 g/mol. The Kier molecular flexibility index (Phi) is 4.72. The lowest BCUT2D eigenvalue weighted by Crippen LogP contribution is -1.84. The van der Waals surface area contributed by atoms with Gasteiger partial charge >= 0.3 is 0 Å². The molecule has 0 saturated carbocycles. The molecule has 0 aliphatic rings. The molecule has 4 aromatic rings. The molecular formula is C17H15N5O2S2. The second kappa shape index (κ2) is 7.30. The van der Waals surface area contributed by atoms with Crippen molar-refractivity contribution < 1.29 is 9.15 Å². The summed E-state index contributed by atoms with van der Waals surface area (Å²) in [4.78, 5) is 4.63. The average Bonchev–Trinajstić information content (AvgIpc) is 3.40. The third-order valence-electron chi connectivity index (χ3n) is 3.59. The van der Waals surface area contributed by atoms with E-state index in [-0.39, 0.29) is 0 Å². The minimum atomic E-state index is 0.490. The fourth-order valence-electron chi connectivity index (χ4n) is 2.29. The van der Waals surface area contributed by atoms with Crippen molar-refractivity contribution in [1.82, 2.24) is 25.0 Å². The Hall–Kier alpha value is -2.65. The van der Waals surface area contributed by atoms with Crippen molar-refractivity contribution in [2.45, 2.75) is 11.0 Å². The summed E-state index contributed by atoms with van der Waals surface area (Å²) in [6.45, 7) is 0. The number of benzene rings is 1. The lowest BCUT2D eigenvalue weighted by atomic mass is 10.2. The largest absolute Gasteiger partial charge is 0.497 e. The van der Waals surface area contributed by atoms with E-state index in [1.165, 1.54) is 11.8 Å². The number of hydrogen-bond acceptors (Lipinski definition) is 8. The van der Waals surface area contributed by atoms with Crippen molar-refractivity contribution >= 4 is 23.1 Å². The van der Waals surface area contributed by atoms with E-state index >= 15 is 0 Å². The van der Waals surface area contributed by atoms with Gasteiger partial charge in [-0.3, -0.25) is 4.68 Å². The van der Waals surface area contributed by atoms with Gasteiger partial charge in [0.15, 0.2) is 0 Å². The summed E-state index contributed by atoms with van der Waals surface area (Å²) >= 11 is 3.07. The Balaban J connectivity index is 1.41. The first-order valence-electron chi connectivity index (χ1n) is 7.75. The highest BCUT2D eigenvalue weighted by molar-refractivity contribution is 7.98. The zero-order valence-corrected chi connectivity index (χ0v) is 15.8. The summed E-state index contributed by atoms with van der Waals surface area (Å²) in [7, 11) is 3.53. The van der Waals surface area contributed by atoms with Crippen LogP contribution in [0, 0.1) is 0 Å². The highest BCUT2D eigenvalue weighted by Crippen LogP contribution is 2.29. The van der Waals surface area contributed by atoms with Crippen LogP contribution in [0.5, 0.6) is 5.75 Å². The number of hydrogen-bond donors (Lipinski definition) is 0. The fraction of sp³-hybridized carbons (Fsp3) is 0.176. The summed E-state index contributed by atoms with van der Waals surface area (Å²) in [6, 6.07) is 7.51. The number of aromatic nitrogens is 5. The quantitative estimate of drug-likeness (QED) is 0.466. The second-order valence-corrected chi connectivity index (χ2v) is 7.22. The molecule has 3 aromatic heterocycles. The van der Waals surface area contributed by atoms with E-state index in [9.17, 15) is 0 Å². The maximum Gasteiger partial charge on any atom is 0.277 e. The molecule has 0 radical (unpaired) electrons. The number of thioether (sulfide) groups is 1. The molecule has 0 aliphatic heterocycles. The standard InChI is InChI=1S/C17H15N5O2S2/c1-22-8-12(7-18-22)16-19-13(9-25-16)10-26-17-21-20-15(24-17)11-3-5-14(23-2)6-4-11/h3-9H,10H2,1-2H3. The molecule has 0 aliphatic carbocycles. The van der Waals surface area contributed by atoms with Gasteiger partial charge in [0, 0.05) is 35.5 Å². The summed E-state index contributed by atoms with van der Waals surface area (Å²) in [5.41, 5.74) is 2.86. The predicted molar refractivity (Wildman–Crippen MR) is 100 cm³/mol. The minimum Gasteiger partial charge on any atom is -0.497 e. The van der Waals surface area contributed by atoms with Gasteiger partial charge in [-0.1, -0.05) is 11.8 Å². The van der Waals surface area contributed by atoms with Gasteiger partial charge in [0.25, 0.3) is 5.22 Å². The Morgan fingerprint density at radius 3 is 2.77 bits per heavy atom. The van der Waals surface area contributed by atoms with Crippen LogP contribution in [0.2, 0.25) is 0 Å². The second-order valence-electron chi connectivity index (χ2n) is 5.44. The molecule has 0 N–H and O–H groups in total. The van der Waals surface area contributed by atoms with Crippen LogP contribution in [0.25, 0.3) is 22.0 Å². The zero-order chi connectivity index (χ0) is 17.9. The third kappa shape index (κ3) is 3.63. The van der Waals surface area contributed by atoms with Crippen LogP contribution in [0.4, 0.5) is 0 Å². The lowest BCUT2D eigenvalue weighted by molar-refractivity contribution is 0.414. The Morgan fingerprint density at radius 2 is 2.04 bits per heavy atom. The number of ether oxygens (including phenoxy) is 1. The van der Waals surface area contributed by atoms with Crippen molar-refractivity contribution in [2.24, 2.45) is 7.05 Å². The van der Waals surface area contributed by atoms with Gasteiger partial charge in [-0.15, -0.1) is 21.5 Å². The SMILES string of the molecule is COc1ccc(-c2nnc(SCc3csc(-c4cnn(C)c4)n3)o2)cc1. The first-order valence-corrected chi connectivity index (χ1v) is 9.62. The van der Waals surface area contributed by atoms with Crippen LogP contribution in [-0.2, 0) is 12.8 Å². The molecule has 0 bridgehead atoms. The molecular weight excluding hydrogens is 370 g/mol.